The van der Waals surface area contributed by atoms with Gasteiger partial charge in [-0.3, -0.25) is 4.79 Å². The van der Waals surface area contributed by atoms with E-state index in [0.717, 1.165) is 11.3 Å². The number of amides is 1. The molecular formula is C15H22N2O3. The molecule has 2 unspecified atom stereocenters. The molecule has 0 aromatic heterocycles. The molecule has 1 amide bonds. The summed E-state index contributed by atoms with van der Waals surface area (Å²) in [6.45, 7) is 3.04. The fourth-order valence-electron chi connectivity index (χ4n) is 2.39. The molecule has 0 bridgehead atoms. The molecule has 0 radical (unpaired) electrons. The normalized spacial score (nSPS) is 23.4. The maximum atomic E-state index is 12.3. The molecule has 1 aliphatic heterocycles. The van der Waals surface area contributed by atoms with Gasteiger partial charge in [0.25, 0.3) is 0 Å². The molecule has 110 valence electrons. The lowest BCUT2D eigenvalue weighted by Crippen LogP contribution is -2.43. The van der Waals surface area contributed by atoms with Gasteiger partial charge in [0, 0.05) is 6.04 Å². The van der Waals surface area contributed by atoms with Crippen LogP contribution in [0.2, 0.25) is 0 Å². The smallest absolute Gasteiger partial charge is 0.227 e. The van der Waals surface area contributed by atoms with Gasteiger partial charge in [-0.1, -0.05) is 12.1 Å². The van der Waals surface area contributed by atoms with Crippen molar-refractivity contribution >= 4 is 5.91 Å². The Labute approximate surface area is 119 Å². The lowest BCUT2D eigenvalue weighted by molar-refractivity contribution is -0.126. The van der Waals surface area contributed by atoms with Crippen molar-refractivity contribution in [3.05, 3.63) is 29.8 Å². The molecule has 2 rings (SSSR count). The molecule has 3 atom stereocenters. The van der Waals surface area contributed by atoms with E-state index in [1.807, 2.05) is 38.2 Å². The number of carbonyl (C=O) groups excluding carboxylic acids is 1. The first-order chi connectivity index (χ1) is 9.65. The van der Waals surface area contributed by atoms with E-state index in [4.69, 9.17) is 9.47 Å². The number of carbonyl (C=O) groups is 1. The molecule has 1 fully saturated rings. The zero-order valence-corrected chi connectivity index (χ0v) is 12.2. The summed E-state index contributed by atoms with van der Waals surface area (Å²) in [5.74, 6) is 0.720. The molecule has 0 spiro atoms. The van der Waals surface area contributed by atoms with Gasteiger partial charge in [-0.2, -0.15) is 0 Å². The van der Waals surface area contributed by atoms with Crippen LogP contribution in [0.3, 0.4) is 0 Å². The highest BCUT2D eigenvalue weighted by atomic mass is 16.5. The minimum Gasteiger partial charge on any atom is -0.497 e. The number of hydrogen-bond acceptors (Lipinski definition) is 4. The predicted molar refractivity (Wildman–Crippen MR) is 76.7 cm³/mol. The van der Waals surface area contributed by atoms with Gasteiger partial charge in [0.15, 0.2) is 0 Å². The standard InChI is InChI=1S/C15H22N2O3/c1-10(11-4-6-12(19-3)7-5-11)17-15(18)13-8-20-9-14(13)16-2/h4-7,10,13-14,16H,8-9H2,1-3H3,(H,17,18)/t10-,13?,14?/m0/s1. The van der Waals surface area contributed by atoms with Gasteiger partial charge >= 0.3 is 0 Å². The van der Waals surface area contributed by atoms with E-state index in [-0.39, 0.29) is 23.9 Å². The van der Waals surface area contributed by atoms with Gasteiger partial charge in [-0.15, -0.1) is 0 Å². The van der Waals surface area contributed by atoms with E-state index in [1.54, 1.807) is 7.11 Å². The van der Waals surface area contributed by atoms with Gasteiger partial charge in [-0.05, 0) is 31.7 Å². The molecule has 1 heterocycles. The number of hydrogen-bond donors (Lipinski definition) is 2. The molecule has 1 aliphatic rings. The number of likely N-dealkylation sites (N-methyl/N-ethyl adjacent to an activating group) is 1. The molecule has 2 N–H and O–H groups in total. The Morgan fingerprint density at radius 3 is 2.65 bits per heavy atom. The number of nitrogens with one attached hydrogen (secondary N) is 2. The first-order valence-electron chi connectivity index (χ1n) is 6.85. The monoisotopic (exact) mass is 278 g/mol. The Bertz CT molecular complexity index is 447. The van der Waals surface area contributed by atoms with Crippen molar-refractivity contribution in [1.29, 1.82) is 0 Å². The minimum atomic E-state index is -0.124. The number of benzene rings is 1. The molecule has 1 aromatic rings. The van der Waals surface area contributed by atoms with Crippen LogP contribution in [0.15, 0.2) is 24.3 Å². The van der Waals surface area contributed by atoms with Gasteiger partial charge in [0.1, 0.15) is 5.75 Å². The zero-order valence-electron chi connectivity index (χ0n) is 12.2. The third-order valence-corrected chi connectivity index (χ3v) is 3.76. The van der Waals surface area contributed by atoms with Crippen LogP contribution in [0.4, 0.5) is 0 Å². The van der Waals surface area contributed by atoms with Crippen LogP contribution in [0.5, 0.6) is 5.75 Å². The summed E-state index contributed by atoms with van der Waals surface area (Å²) in [4.78, 5) is 12.3. The fourth-order valence-corrected chi connectivity index (χ4v) is 2.39. The van der Waals surface area contributed by atoms with Crippen molar-refractivity contribution in [2.24, 2.45) is 5.92 Å². The molecule has 5 nitrogen and oxygen atoms in total. The molecule has 20 heavy (non-hydrogen) atoms. The van der Waals surface area contributed by atoms with Crippen molar-refractivity contribution in [3.8, 4) is 5.75 Å². The quantitative estimate of drug-likeness (QED) is 0.847. The van der Waals surface area contributed by atoms with Crippen LogP contribution in [-0.2, 0) is 9.53 Å². The summed E-state index contributed by atoms with van der Waals surface area (Å²) >= 11 is 0. The van der Waals surface area contributed by atoms with Crippen molar-refractivity contribution in [1.82, 2.24) is 10.6 Å². The van der Waals surface area contributed by atoms with Crippen LogP contribution in [-0.4, -0.2) is 39.3 Å². The van der Waals surface area contributed by atoms with E-state index < -0.39 is 0 Å². The van der Waals surface area contributed by atoms with E-state index in [0.29, 0.717) is 13.2 Å². The summed E-state index contributed by atoms with van der Waals surface area (Å²) in [5, 5.41) is 6.16. The van der Waals surface area contributed by atoms with Crippen molar-refractivity contribution < 1.29 is 14.3 Å². The first kappa shape index (κ1) is 14.8. The van der Waals surface area contributed by atoms with E-state index >= 15 is 0 Å². The van der Waals surface area contributed by atoms with E-state index in [1.165, 1.54) is 0 Å². The topological polar surface area (TPSA) is 59.6 Å². The number of methoxy groups -OCH3 is 1. The third-order valence-electron chi connectivity index (χ3n) is 3.76. The summed E-state index contributed by atoms with van der Waals surface area (Å²) in [6.07, 6.45) is 0. The maximum absolute atomic E-state index is 12.3. The SMILES string of the molecule is CNC1COCC1C(=O)N[C@@H](C)c1ccc(OC)cc1. The second-order valence-electron chi connectivity index (χ2n) is 5.04. The maximum Gasteiger partial charge on any atom is 0.227 e. The summed E-state index contributed by atoms with van der Waals surface area (Å²) in [5.41, 5.74) is 1.05. The highest BCUT2D eigenvalue weighted by molar-refractivity contribution is 5.80. The average Bonchev–Trinajstić information content (AvgIpc) is 2.95. The van der Waals surface area contributed by atoms with E-state index in [2.05, 4.69) is 10.6 Å². The summed E-state index contributed by atoms with van der Waals surface area (Å²) in [6, 6.07) is 7.78. The summed E-state index contributed by atoms with van der Waals surface area (Å²) in [7, 11) is 3.49. The Kier molecular flexibility index (Phi) is 4.98. The number of ether oxygens (including phenoxy) is 2. The Morgan fingerprint density at radius 2 is 2.05 bits per heavy atom. The largest absolute Gasteiger partial charge is 0.497 e. The van der Waals surface area contributed by atoms with Crippen molar-refractivity contribution in [3.63, 3.8) is 0 Å². The van der Waals surface area contributed by atoms with Crippen molar-refractivity contribution in [2.75, 3.05) is 27.4 Å². The molecule has 5 heteroatoms. The van der Waals surface area contributed by atoms with Crippen LogP contribution >= 0.6 is 0 Å². The van der Waals surface area contributed by atoms with Crippen LogP contribution in [0.1, 0.15) is 18.5 Å². The molecule has 0 aliphatic carbocycles. The third kappa shape index (κ3) is 3.29. The predicted octanol–water partition coefficient (Wildman–Crippen LogP) is 1.11. The highest BCUT2D eigenvalue weighted by Gasteiger charge is 2.33. The van der Waals surface area contributed by atoms with E-state index in [9.17, 15) is 4.79 Å². The van der Waals surface area contributed by atoms with Crippen molar-refractivity contribution in [2.45, 2.75) is 19.0 Å². The second-order valence-corrected chi connectivity index (χ2v) is 5.04. The Hall–Kier alpha value is -1.59. The lowest BCUT2D eigenvalue weighted by atomic mass is 10.0. The molecular weight excluding hydrogens is 256 g/mol. The van der Waals surface area contributed by atoms with Crippen LogP contribution < -0.4 is 15.4 Å². The average molecular weight is 278 g/mol. The first-order valence-corrected chi connectivity index (χ1v) is 6.85. The molecule has 0 saturated carbocycles. The van der Waals surface area contributed by atoms with Crippen LogP contribution in [0.25, 0.3) is 0 Å². The second kappa shape index (κ2) is 6.72. The van der Waals surface area contributed by atoms with Crippen LogP contribution in [0, 0.1) is 5.92 Å². The molecule has 1 saturated heterocycles. The lowest BCUT2D eigenvalue weighted by Gasteiger charge is -2.20. The van der Waals surface area contributed by atoms with Gasteiger partial charge in [0.2, 0.25) is 5.91 Å². The Balaban J connectivity index is 1.96. The zero-order chi connectivity index (χ0) is 14.5. The van der Waals surface area contributed by atoms with Gasteiger partial charge in [0.05, 0.1) is 32.3 Å². The minimum absolute atomic E-state index is 0.0326. The fraction of sp³-hybridized carbons (Fsp3) is 0.533. The van der Waals surface area contributed by atoms with Gasteiger partial charge in [-0.25, -0.2) is 0 Å². The Morgan fingerprint density at radius 1 is 1.35 bits per heavy atom. The molecule has 1 aromatic carbocycles. The number of rotatable bonds is 5. The highest BCUT2D eigenvalue weighted by Crippen LogP contribution is 2.19. The van der Waals surface area contributed by atoms with Gasteiger partial charge < -0.3 is 20.1 Å². The summed E-state index contributed by atoms with van der Waals surface area (Å²) < 4.78 is 10.5.